The minimum Gasteiger partial charge on any atom is -0.478 e. The highest BCUT2D eigenvalue weighted by Gasteiger charge is 2.47. The highest BCUT2D eigenvalue weighted by Crippen LogP contribution is 2.57. The molecule has 0 radical (unpaired) electrons. The van der Waals surface area contributed by atoms with Gasteiger partial charge >= 0.3 is 5.97 Å². The zero-order chi connectivity index (χ0) is 12.3. The van der Waals surface area contributed by atoms with Crippen molar-refractivity contribution >= 4 is 17.1 Å². The largest absolute Gasteiger partial charge is 0.478 e. The number of carbonyl (C=O) groups is 1. The molecule has 2 atom stereocenters. The zero-order valence-electron chi connectivity index (χ0n) is 9.80. The van der Waals surface area contributed by atoms with E-state index in [9.17, 15) is 4.79 Å². The summed E-state index contributed by atoms with van der Waals surface area (Å²) in [5.41, 5.74) is 1.30. The molecular weight excluding hydrogens is 230 g/mol. The van der Waals surface area contributed by atoms with Gasteiger partial charge in [0, 0.05) is 5.92 Å². The number of aromatic carboxylic acids is 1. The fraction of sp³-hybridized carbons (Fsp3) is 0.429. The van der Waals surface area contributed by atoms with Gasteiger partial charge in [-0.05, 0) is 43.2 Å². The Labute approximate surface area is 104 Å². The lowest BCUT2D eigenvalue weighted by Crippen LogP contribution is -1.98. The second kappa shape index (κ2) is 3.34. The smallest absolute Gasteiger partial charge is 0.338 e. The Morgan fingerprint density at radius 3 is 2.78 bits per heavy atom. The first-order valence-electron chi connectivity index (χ1n) is 6.35. The Hall–Kier alpha value is -1.84. The highest BCUT2D eigenvalue weighted by molar-refractivity contribution is 6.00. The summed E-state index contributed by atoms with van der Waals surface area (Å²) in [5.74, 6) is 1.90. The molecule has 4 heteroatoms. The van der Waals surface area contributed by atoms with Crippen LogP contribution in [0.25, 0.3) is 11.1 Å². The Morgan fingerprint density at radius 1 is 1.28 bits per heavy atom. The van der Waals surface area contributed by atoms with Crippen LogP contribution in [0.1, 0.15) is 41.4 Å². The summed E-state index contributed by atoms with van der Waals surface area (Å²) in [7, 11) is 0. The van der Waals surface area contributed by atoms with Crippen molar-refractivity contribution in [2.75, 3.05) is 0 Å². The molecule has 2 saturated carbocycles. The van der Waals surface area contributed by atoms with Gasteiger partial charge in [-0.1, -0.05) is 6.07 Å². The summed E-state index contributed by atoms with van der Waals surface area (Å²) in [6.45, 7) is 0. The molecule has 0 amide bonds. The van der Waals surface area contributed by atoms with Crippen LogP contribution < -0.4 is 0 Å². The van der Waals surface area contributed by atoms with E-state index in [1.165, 1.54) is 6.42 Å². The molecule has 1 aromatic heterocycles. The monoisotopic (exact) mass is 243 g/mol. The zero-order valence-corrected chi connectivity index (χ0v) is 9.80. The van der Waals surface area contributed by atoms with Crippen molar-refractivity contribution in [1.29, 1.82) is 0 Å². The van der Waals surface area contributed by atoms with E-state index in [1.807, 2.05) is 0 Å². The number of rotatable bonds is 2. The summed E-state index contributed by atoms with van der Waals surface area (Å²) >= 11 is 0. The number of para-hydroxylation sites is 1. The number of carboxylic acid groups (broad SMARTS) is 1. The van der Waals surface area contributed by atoms with Gasteiger partial charge in [-0.2, -0.15) is 0 Å². The van der Waals surface area contributed by atoms with E-state index in [1.54, 1.807) is 18.2 Å². The molecule has 0 saturated heterocycles. The van der Waals surface area contributed by atoms with Crippen molar-refractivity contribution in [2.45, 2.75) is 25.2 Å². The van der Waals surface area contributed by atoms with E-state index in [0.717, 1.165) is 30.6 Å². The van der Waals surface area contributed by atoms with E-state index in [0.29, 0.717) is 17.0 Å². The van der Waals surface area contributed by atoms with Gasteiger partial charge < -0.3 is 9.52 Å². The molecule has 1 N–H and O–H groups in total. The first kappa shape index (κ1) is 10.1. The number of oxazole rings is 1. The summed E-state index contributed by atoms with van der Waals surface area (Å²) in [5, 5.41) is 9.12. The van der Waals surface area contributed by atoms with Gasteiger partial charge in [0.15, 0.2) is 11.5 Å². The van der Waals surface area contributed by atoms with Crippen molar-refractivity contribution < 1.29 is 14.3 Å². The SMILES string of the molecule is O=C(O)c1cccc2oc(C3CC4CC4C3)nc12. The van der Waals surface area contributed by atoms with E-state index >= 15 is 0 Å². The average molecular weight is 243 g/mol. The molecule has 2 aromatic rings. The second-order valence-corrected chi connectivity index (χ2v) is 5.43. The molecule has 18 heavy (non-hydrogen) atoms. The summed E-state index contributed by atoms with van der Waals surface area (Å²) in [6.07, 6.45) is 3.66. The van der Waals surface area contributed by atoms with Crippen LogP contribution in [0.3, 0.4) is 0 Å². The first-order chi connectivity index (χ1) is 8.72. The lowest BCUT2D eigenvalue weighted by Gasteiger charge is -2.04. The lowest BCUT2D eigenvalue weighted by molar-refractivity contribution is 0.0699. The predicted molar refractivity (Wildman–Crippen MR) is 64.5 cm³/mol. The van der Waals surface area contributed by atoms with Crippen LogP contribution in [0.15, 0.2) is 22.6 Å². The van der Waals surface area contributed by atoms with Gasteiger partial charge in [0.1, 0.15) is 5.52 Å². The van der Waals surface area contributed by atoms with Gasteiger partial charge in [0.2, 0.25) is 0 Å². The van der Waals surface area contributed by atoms with Gasteiger partial charge in [-0.25, -0.2) is 9.78 Å². The number of fused-ring (bicyclic) bond motifs is 2. The normalized spacial score (nSPS) is 29.4. The van der Waals surface area contributed by atoms with Crippen molar-refractivity contribution in [1.82, 2.24) is 4.98 Å². The summed E-state index contributed by atoms with van der Waals surface area (Å²) in [4.78, 5) is 15.5. The molecule has 2 aliphatic rings. The predicted octanol–water partition coefficient (Wildman–Crippen LogP) is 3.04. The first-order valence-corrected chi connectivity index (χ1v) is 6.35. The van der Waals surface area contributed by atoms with Crippen LogP contribution in [-0.4, -0.2) is 16.1 Å². The molecule has 2 aliphatic carbocycles. The van der Waals surface area contributed by atoms with Gasteiger partial charge in [0.25, 0.3) is 0 Å². The minimum atomic E-state index is -0.949. The fourth-order valence-corrected chi connectivity index (χ4v) is 3.23. The maximum Gasteiger partial charge on any atom is 0.338 e. The summed E-state index contributed by atoms with van der Waals surface area (Å²) in [6, 6.07) is 5.06. The average Bonchev–Trinajstić information content (AvgIpc) is 2.80. The molecule has 4 nitrogen and oxygen atoms in total. The van der Waals surface area contributed by atoms with Crippen LogP contribution in [0.5, 0.6) is 0 Å². The molecule has 0 bridgehead atoms. The van der Waals surface area contributed by atoms with Crippen LogP contribution in [0.2, 0.25) is 0 Å². The maximum absolute atomic E-state index is 11.1. The maximum atomic E-state index is 11.1. The highest BCUT2D eigenvalue weighted by atomic mass is 16.4. The topological polar surface area (TPSA) is 63.3 Å². The summed E-state index contributed by atoms with van der Waals surface area (Å²) < 4.78 is 5.74. The minimum absolute atomic E-state index is 0.227. The molecule has 2 fully saturated rings. The fourth-order valence-electron chi connectivity index (χ4n) is 3.23. The van der Waals surface area contributed by atoms with Crippen LogP contribution in [0.4, 0.5) is 0 Å². The van der Waals surface area contributed by atoms with E-state index < -0.39 is 5.97 Å². The van der Waals surface area contributed by atoms with E-state index in [2.05, 4.69) is 4.98 Å². The van der Waals surface area contributed by atoms with Gasteiger partial charge in [-0.15, -0.1) is 0 Å². The second-order valence-electron chi connectivity index (χ2n) is 5.43. The van der Waals surface area contributed by atoms with Crippen LogP contribution in [-0.2, 0) is 0 Å². The molecule has 2 unspecified atom stereocenters. The number of hydrogen-bond acceptors (Lipinski definition) is 3. The van der Waals surface area contributed by atoms with E-state index in [-0.39, 0.29) is 5.56 Å². The number of benzene rings is 1. The van der Waals surface area contributed by atoms with Crippen molar-refractivity contribution in [3.05, 3.63) is 29.7 Å². The third-order valence-corrected chi connectivity index (χ3v) is 4.26. The third kappa shape index (κ3) is 1.38. The van der Waals surface area contributed by atoms with Gasteiger partial charge in [-0.3, -0.25) is 0 Å². The lowest BCUT2D eigenvalue weighted by atomic mass is 10.0. The Kier molecular flexibility index (Phi) is 1.88. The Morgan fingerprint density at radius 2 is 2.06 bits per heavy atom. The number of carboxylic acids is 1. The number of hydrogen-bond donors (Lipinski definition) is 1. The molecule has 92 valence electrons. The molecule has 0 aliphatic heterocycles. The third-order valence-electron chi connectivity index (χ3n) is 4.26. The molecule has 1 aromatic carbocycles. The van der Waals surface area contributed by atoms with Crippen LogP contribution >= 0.6 is 0 Å². The number of aromatic nitrogens is 1. The Balaban J connectivity index is 1.79. The quantitative estimate of drug-likeness (QED) is 0.880. The van der Waals surface area contributed by atoms with Gasteiger partial charge in [0.05, 0.1) is 5.56 Å². The van der Waals surface area contributed by atoms with Crippen LogP contribution in [0, 0.1) is 11.8 Å². The molecule has 1 heterocycles. The van der Waals surface area contributed by atoms with Crippen molar-refractivity contribution in [3.63, 3.8) is 0 Å². The Bertz CT molecular complexity index is 636. The van der Waals surface area contributed by atoms with E-state index in [4.69, 9.17) is 9.52 Å². The molecular formula is C14H13NO3. The van der Waals surface area contributed by atoms with Crippen molar-refractivity contribution in [2.24, 2.45) is 11.8 Å². The molecule has 0 spiro atoms. The van der Waals surface area contributed by atoms with Crippen molar-refractivity contribution in [3.8, 4) is 0 Å². The standard InChI is InChI=1S/C14H13NO3/c16-14(17)10-2-1-3-11-12(10)15-13(18-11)9-5-7-4-8(7)6-9/h1-3,7-9H,4-6H2,(H,16,17). The molecule has 4 rings (SSSR count). The number of nitrogens with zero attached hydrogens (tertiary/aromatic N) is 1.